The highest BCUT2D eigenvalue weighted by atomic mass is 19.4. The normalized spacial score (nSPS) is 11.2. The van der Waals surface area contributed by atoms with E-state index < -0.39 is 35.9 Å². The van der Waals surface area contributed by atoms with Gasteiger partial charge in [0.15, 0.2) is 0 Å². The third kappa shape index (κ3) is 4.90. The van der Waals surface area contributed by atoms with E-state index in [1.807, 2.05) is 0 Å². The molecule has 4 nitrogen and oxygen atoms in total. The van der Waals surface area contributed by atoms with E-state index in [2.05, 4.69) is 4.74 Å². The molecule has 0 amide bonds. The molecule has 2 rings (SSSR count). The van der Waals surface area contributed by atoms with Crippen molar-refractivity contribution < 1.29 is 36.6 Å². The number of alkyl halides is 3. The van der Waals surface area contributed by atoms with E-state index in [1.165, 1.54) is 6.07 Å². The van der Waals surface area contributed by atoms with Crippen LogP contribution in [-0.4, -0.2) is 13.3 Å². The monoisotopic (exact) mass is 386 g/mol. The van der Waals surface area contributed by atoms with Crippen LogP contribution < -0.4 is 9.47 Å². The standard InChI is InChI=1S/C19H18F4O4/c1-4-12-8-11(2)17(9-15(12)20)26-10-13-14(19(21,22)23)6-5-7-16(13)27-18(24)25-3/h5-9H,4,10H2,1-3H3. The highest BCUT2D eigenvalue weighted by molar-refractivity contribution is 5.64. The van der Waals surface area contributed by atoms with E-state index >= 15 is 0 Å². The molecular formula is C19H18F4O4. The van der Waals surface area contributed by atoms with Crippen molar-refractivity contribution in [3.8, 4) is 11.5 Å². The lowest BCUT2D eigenvalue weighted by atomic mass is 10.1. The molecule has 0 aliphatic rings. The molecule has 0 aliphatic heterocycles. The van der Waals surface area contributed by atoms with E-state index in [-0.39, 0.29) is 11.5 Å². The van der Waals surface area contributed by atoms with Crippen LogP contribution in [0.3, 0.4) is 0 Å². The van der Waals surface area contributed by atoms with Gasteiger partial charge in [-0.05, 0) is 42.7 Å². The number of aryl methyl sites for hydroxylation is 2. The van der Waals surface area contributed by atoms with Crippen LogP contribution in [-0.2, 0) is 23.9 Å². The molecule has 27 heavy (non-hydrogen) atoms. The Bertz CT molecular complexity index is 831. The second-order valence-electron chi connectivity index (χ2n) is 5.69. The fourth-order valence-electron chi connectivity index (χ4n) is 2.51. The Hall–Kier alpha value is -2.77. The van der Waals surface area contributed by atoms with E-state index in [9.17, 15) is 22.4 Å². The summed E-state index contributed by atoms with van der Waals surface area (Å²) in [5, 5.41) is 0. The zero-order valence-corrected chi connectivity index (χ0v) is 14.9. The highest BCUT2D eigenvalue weighted by Gasteiger charge is 2.35. The Balaban J connectivity index is 2.39. The van der Waals surface area contributed by atoms with Crippen molar-refractivity contribution in [3.05, 3.63) is 58.4 Å². The van der Waals surface area contributed by atoms with Crippen molar-refractivity contribution in [1.29, 1.82) is 0 Å². The number of benzene rings is 2. The first-order valence-electron chi connectivity index (χ1n) is 8.04. The first kappa shape index (κ1) is 20.5. The molecule has 0 atom stereocenters. The SMILES string of the molecule is CCc1cc(C)c(OCc2c(OC(=O)OC)cccc2C(F)(F)F)cc1F. The molecule has 0 fully saturated rings. The quantitative estimate of drug-likeness (QED) is 0.390. The molecule has 0 unspecified atom stereocenters. The number of carbonyl (C=O) groups is 1. The molecule has 0 saturated carbocycles. The van der Waals surface area contributed by atoms with Gasteiger partial charge in [0.2, 0.25) is 0 Å². The molecule has 8 heteroatoms. The maximum absolute atomic E-state index is 14.0. The Labute approximate surface area is 153 Å². The zero-order valence-electron chi connectivity index (χ0n) is 14.9. The fraction of sp³-hybridized carbons (Fsp3) is 0.316. The predicted molar refractivity (Wildman–Crippen MR) is 89.3 cm³/mol. The third-order valence-corrected chi connectivity index (χ3v) is 3.90. The number of carbonyl (C=O) groups excluding carboxylic acids is 1. The molecule has 0 saturated heterocycles. The van der Waals surface area contributed by atoms with Gasteiger partial charge in [-0.3, -0.25) is 0 Å². The lowest BCUT2D eigenvalue weighted by Gasteiger charge is -2.18. The smallest absolute Gasteiger partial charge is 0.488 e. The van der Waals surface area contributed by atoms with Crippen molar-refractivity contribution in [1.82, 2.24) is 0 Å². The lowest BCUT2D eigenvalue weighted by Crippen LogP contribution is -2.15. The topological polar surface area (TPSA) is 44.8 Å². The summed E-state index contributed by atoms with van der Waals surface area (Å²) in [7, 11) is 1.04. The summed E-state index contributed by atoms with van der Waals surface area (Å²) in [6, 6.07) is 5.85. The molecule has 0 radical (unpaired) electrons. The Morgan fingerprint density at radius 3 is 2.44 bits per heavy atom. The summed E-state index contributed by atoms with van der Waals surface area (Å²) < 4.78 is 68.5. The zero-order chi connectivity index (χ0) is 20.2. The summed E-state index contributed by atoms with van der Waals surface area (Å²) in [6.07, 6.45) is -5.38. The van der Waals surface area contributed by atoms with Crippen LogP contribution in [0.5, 0.6) is 11.5 Å². The summed E-state index contributed by atoms with van der Waals surface area (Å²) >= 11 is 0. The molecule has 2 aromatic rings. The Morgan fingerprint density at radius 2 is 1.85 bits per heavy atom. The number of halogens is 4. The van der Waals surface area contributed by atoms with Gasteiger partial charge in [0.05, 0.1) is 12.7 Å². The minimum absolute atomic E-state index is 0.102. The first-order chi connectivity index (χ1) is 12.7. The van der Waals surface area contributed by atoms with Crippen LogP contribution in [0.4, 0.5) is 22.4 Å². The molecule has 0 spiro atoms. The molecule has 0 heterocycles. The van der Waals surface area contributed by atoms with Crippen LogP contribution in [0.25, 0.3) is 0 Å². The van der Waals surface area contributed by atoms with Gasteiger partial charge >= 0.3 is 12.3 Å². The second kappa shape index (κ2) is 8.28. The van der Waals surface area contributed by atoms with Gasteiger partial charge in [-0.2, -0.15) is 13.2 Å². The van der Waals surface area contributed by atoms with Crippen LogP contribution >= 0.6 is 0 Å². The minimum Gasteiger partial charge on any atom is -0.488 e. The van der Waals surface area contributed by atoms with Crippen molar-refractivity contribution in [3.63, 3.8) is 0 Å². The van der Waals surface area contributed by atoms with Gasteiger partial charge in [0.1, 0.15) is 23.9 Å². The maximum atomic E-state index is 14.0. The van der Waals surface area contributed by atoms with Gasteiger partial charge in [-0.25, -0.2) is 9.18 Å². The lowest BCUT2D eigenvalue weighted by molar-refractivity contribution is -0.138. The number of ether oxygens (including phenoxy) is 3. The number of methoxy groups -OCH3 is 1. The molecule has 0 aliphatic carbocycles. The summed E-state index contributed by atoms with van der Waals surface area (Å²) in [5.74, 6) is -0.751. The van der Waals surface area contributed by atoms with E-state index in [0.29, 0.717) is 17.5 Å². The number of hydrogen-bond acceptors (Lipinski definition) is 4. The Kier molecular flexibility index (Phi) is 6.30. The molecule has 0 bridgehead atoms. The van der Waals surface area contributed by atoms with Gasteiger partial charge in [0, 0.05) is 11.6 Å². The minimum atomic E-state index is -4.69. The maximum Gasteiger partial charge on any atom is 0.513 e. The van der Waals surface area contributed by atoms with Gasteiger partial charge in [0.25, 0.3) is 0 Å². The van der Waals surface area contributed by atoms with E-state index in [0.717, 1.165) is 25.3 Å². The van der Waals surface area contributed by atoms with Gasteiger partial charge in [-0.1, -0.05) is 13.0 Å². The van der Waals surface area contributed by atoms with Gasteiger partial charge < -0.3 is 14.2 Å². The molecule has 2 aromatic carbocycles. The van der Waals surface area contributed by atoms with Crippen LogP contribution in [0, 0.1) is 12.7 Å². The van der Waals surface area contributed by atoms with Crippen LogP contribution in [0.15, 0.2) is 30.3 Å². The average molecular weight is 386 g/mol. The summed E-state index contributed by atoms with van der Waals surface area (Å²) in [5.41, 5.74) is -0.361. The summed E-state index contributed by atoms with van der Waals surface area (Å²) in [6.45, 7) is 2.87. The molecular weight excluding hydrogens is 368 g/mol. The molecule has 0 N–H and O–H groups in total. The molecule has 0 aromatic heterocycles. The predicted octanol–water partition coefficient (Wildman–Crippen LogP) is 5.44. The van der Waals surface area contributed by atoms with Crippen LogP contribution in [0.2, 0.25) is 0 Å². The van der Waals surface area contributed by atoms with Crippen molar-refractivity contribution >= 4 is 6.16 Å². The largest absolute Gasteiger partial charge is 0.513 e. The summed E-state index contributed by atoms with van der Waals surface area (Å²) in [4.78, 5) is 11.3. The highest BCUT2D eigenvalue weighted by Crippen LogP contribution is 2.37. The third-order valence-electron chi connectivity index (χ3n) is 3.90. The van der Waals surface area contributed by atoms with Crippen molar-refractivity contribution in [2.45, 2.75) is 33.1 Å². The van der Waals surface area contributed by atoms with Crippen molar-refractivity contribution in [2.75, 3.05) is 7.11 Å². The second-order valence-corrected chi connectivity index (χ2v) is 5.69. The van der Waals surface area contributed by atoms with E-state index in [1.54, 1.807) is 19.9 Å². The Morgan fingerprint density at radius 1 is 1.15 bits per heavy atom. The molecule has 146 valence electrons. The fourth-order valence-corrected chi connectivity index (χ4v) is 2.51. The number of hydrogen-bond donors (Lipinski definition) is 0. The van der Waals surface area contributed by atoms with Crippen molar-refractivity contribution in [2.24, 2.45) is 0 Å². The average Bonchev–Trinajstić information content (AvgIpc) is 2.61. The number of rotatable bonds is 5. The van der Waals surface area contributed by atoms with Crippen LogP contribution in [0.1, 0.15) is 29.2 Å². The van der Waals surface area contributed by atoms with E-state index in [4.69, 9.17) is 9.47 Å². The van der Waals surface area contributed by atoms with Gasteiger partial charge in [-0.15, -0.1) is 0 Å². The first-order valence-corrected chi connectivity index (χ1v) is 8.04.